The molecule has 0 radical (unpaired) electrons. The van der Waals surface area contributed by atoms with Gasteiger partial charge in [0.05, 0.1) is 6.42 Å². The normalized spacial score (nSPS) is 15.5. The topological polar surface area (TPSA) is 53.7 Å². The van der Waals surface area contributed by atoms with Crippen LogP contribution in [0, 0.1) is 0 Å². The lowest BCUT2D eigenvalue weighted by Crippen LogP contribution is -2.24. The van der Waals surface area contributed by atoms with E-state index in [1.165, 1.54) is 17.7 Å². The third-order valence-corrected chi connectivity index (χ3v) is 4.31. The van der Waals surface area contributed by atoms with E-state index >= 15 is 0 Å². The second-order valence-corrected chi connectivity index (χ2v) is 6.07. The molecule has 0 aliphatic carbocycles. The number of rotatable bonds is 4. The van der Waals surface area contributed by atoms with Gasteiger partial charge in [0.2, 0.25) is 0 Å². The number of furan rings is 1. The van der Waals surface area contributed by atoms with E-state index in [1.54, 1.807) is 0 Å². The van der Waals surface area contributed by atoms with Gasteiger partial charge in [-0.25, -0.2) is 0 Å². The molecule has 0 amide bonds. The van der Waals surface area contributed by atoms with Crippen LogP contribution in [0.3, 0.4) is 0 Å². The minimum absolute atomic E-state index is 0.0853. The van der Waals surface area contributed by atoms with Crippen molar-refractivity contribution in [2.75, 3.05) is 18.5 Å². The lowest BCUT2D eigenvalue weighted by molar-refractivity contribution is -0.137. The molecule has 4 heteroatoms. The molecule has 0 fully saturated rings. The maximum atomic E-state index is 10.8. The Kier molecular flexibility index (Phi) is 3.92. The number of anilines is 1. The number of benzene rings is 1. The van der Waals surface area contributed by atoms with Crippen LogP contribution < -0.4 is 4.90 Å². The van der Waals surface area contributed by atoms with Crippen LogP contribution in [0.25, 0.3) is 11.3 Å². The third-order valence-electron chi connectivity index (χ3n) is 4.31. The average molecular weight is 299 g/mol. The summed E-state index contributed by atoms with van der Waals surface area (Å²) in [5.41, 5.74) is 3.70. The van der Waals surface area contributed by atoms with Crippen molar-refractivity contribution in [1.29, 1.82) is 0 Å². The van der Waals surface area contributed by atoms with Crippen molar-refractivity contribution in [3.05, 3.63) is 41.7 Å². The summed E-state index contributed by atoms with van der Waals surface area (Å²) in [7, 11) is 2.12. The average Bonchev–Trinajstić information content (AvgIpc) is 2.96. The zero-order valence-electron chi connectivity index (χ0n) is 13.0. The van der Waals surface area contributed by atoms with Crippen molar-refractivity contribution in [1.82, 2.24) is 0 Å². The molecular formula is C18H21NO3. The summed E-state index contributed by atoms with van der Waals surface area (Å²) in [6, 6.07) is 10.2. The van der Waals surface area contributed by atoms with Crippen LogP contribution in [0.2, 0.25) is 0 Å². The van der Waals surface area contributed by atoms with Crippen LogP contribution >= 0.6 is 0 Å². The van der Waals surface area contributed by atoms with E-state index in [4.69, 9.17) is 9.52 Å². The van der Waals surface area contributed by atoms with E-state index < -0.39 is 5.97 Å². The first-order chi connectivity index (χ1) is 10.5. The molecule has 2 heterocycles. The van der Waals surface area contributed by atoms with Gasteiger partial charge < -0.3 is 14.4 Å². The number of carboxylic acids is 1. The fourth-order valence-electron chi connectivity index (χ4n) is 3.07. The molecule has 1 aliphatic heterocycles. The van der Waals surface area contributed by atoms with Crippen molar-refractivity contribution >= 4 is 11.7 Å². The van der Waals surface area contributed by atoms with Crippen molar-refractivity contribution < 1.29 is 14.3 Å². The number of aliphatic carboxylic acids is 1. The first-order valence-corrected chi connectivity index (χ1v) is 7.70. The predicted molar refractivity (Wildman–Crippen MR) is 86.4 cm³/mol. The van der Waals surface area contributed by atoms with Gasteiger partial charge in [-0.05, 0) is 48.7 Å². The molecule has 1 aromatic carbocycles. The van der Waals surface area contributed by atoms with Crippen molar-refractivity contribution in [3.8, 4) is 11.3 Å². The molecule has 0 spiro atoms. The van der Waals surface area contributed by atoms with E-state index in [0.29, 0.717) is 0 Å². The second-order valence-electron chi connectivity index (χ2n) is 6.07. The molecule has 1 aromatic heterocycles. The number of carbonyl (C=O) groups is 1. The molecule has 1 aliphatic rings. The Balaban J connectivity index is 1.86. The Labute approximate surface area is 130 Å². The molecule has 0 saturated carbocycles. The van der Waals surface area contributed by atoms with Gasteiger partial charge >= 0.3 is 5.97 Å². The Morgan fingerprint density at radius 3 is 2.95 bits per heavy atom. The molecule has 2 aromatic rings. The summed E-state index contributed by atoms with van der Waals surface area (Å²) < 4.78 is 5.87. The molecule has 1 N–H and O–H groups in total. The van der Waals surface area contributed by atoms with Crippen LogP contribution in [-0.4, -0.2) is 24.7 Å². The maximum absolute atomic E-state index is 10.8. The van der Waals surface area contributed by atoms with Crippen LogP contribution in [0.4, 0.5) is 5.69 Å². The summed E-state index contributed by atoms with van der Waals surface area (Å²) in [6.07, 6.45) is 2.35. The number of hydrogen-bond donors (Lipinski definition) is 1. The van der Waals surface area contributed by atoms with E-state index in [-0.39, 0.29) is 12.3 Å². The third kappa shape index (κ3) is 2.86. The molecule has 4 nitrogen and oxygen atoms in total. The molecule has 0 bridgehead atoms. The van der Waals surface area contributed by atoms with Crippen molar-refractivity contribution in [2.45, 2.75) is 32.1 Å². The quantitative estimate of drug-likeness (QED) is 0.930. The summed E-state index contributed by atoms with van der Waals surface area (Å²) in [5.74, 6) is 0.618. The minimum atomic E-state index is -0.803. The van der Waals surface area contributed by atoms with E-state index in [0.717, 1.165) is 30.0 Å². The Bertz CT molecular complexity index is 689. The van der Waals surface area contributed by atoms with Gasteiger partial charge in [-0.3, -0.25) is 4.79 Å². The SMILES string of the molecule is CC(CC(=O)O)c1ccc(-c2ccc3c(c2)CCCN3C)o1. The van der Waals surface area contributed by atoms with E-state index in [9.17, 15) is 4.79 Å². The highest BCUT2D eigenvalue weighted by Gasteiger charge is 2.17. The van der Waals surface area contributed by atoms with Gasteiger partial charge in [-0.2, -0.15) is 0 Å². The monoisotopic (exact) mass is 299 g/mol. The Morgan fingerprint density at radius 1 is 1.36 bits per heavy atom. The van der Waals surface area contributed by atoms with E-state index in [1.807, 2.05) is 19.1 Å². The molecule has 0 saturated heterocycles. The highest BCUT2D eigenvalue weighted by Crippen LogP contribution is 2.33. The van der Waals surface area contributed by atoms with Gasteiger partial charge in [-0.15, -0.1) is 0 Å². The van der Waals surface area contributed by atoms with Gasteiger partial charge in [0.15, 0.2) is 0 Å². The lowest BCUT2D eigenvalue weighted by atomic mass is 9.99. The number of carboxylic acid groups (broad SMARTS) is 1. The van der Waals surface area contributed by atoms with Crippen LogP contribution in [-0.2, 0) is 11.2 Å². The molecule has 116 valence electrons. The molecule has 1 atom stereocenters. The highest BCUT2D eigenvalue weighted by atomic mass is 16.4. The van der Waals surface area contributed by atoms with Gasteiger partial charge in [0.25, 0.3) is 0 Å². The van der Waals surface area contributed by atoms with Crippen molar-refractivity contribution in [3.63, 3.8) is 0 Å². The zero-order chi connectivity index (χ0) is 15.7. The van der Waals surface area contributed by atoms with Gasteiger partial charge in [0.1, 0.15) is 11.5 Å². The van der Waals surface area contributed by atoms with Crippen LogP contribution in [0.15, 0.2) is 34.7 Å². The van der Waals surface area contributed by atoms with Crippen molar-refractivity contribution in [2.24, 2.45) is 0 Å². The summed E-state index contributed by atoms with van der Waals surface area (Å²) >= 11 is 0. The Morgan fingerprint density at radius 2 is 2.18 bits per heavy atom. The molecule has 1 unspecified atom stereocenters. The zero-order valence-corrected chi connectivity index (χ0v) is 13.0. The smallest absolute Gasteiger partial charge is 0.304 e. The number of nitrogens with zero attached hydrogens (tertiary/aromatic N) is 1. The maximum Gasteiger partial charge on any atom is 0.304 e. The summed E-state index contributed by atoms with van der Waals surface area (Å²) in [6.45, 7) is 2.97. The molecule has 3 rings (SSSR count). The fraction of sp³-hybridized carbons (Fsp3) is 0.389. The van der Waals surface area contributed by atoms with Crippen LogP contribution in [0.1, 0.15) is 37.0 Å². The number of aryl methyl sites for hydroxylation is 1. The second kappa shape index (κ2) is 5.87. The van der Waals surface area contributed by atoms with E-state index in [2.05, 4.69) is 30.1 Å². The fourth-order valence-corrected chi connectivity index (χ4v) is 3.07. The summed E-state index contributed by atoms with van der Waals surface area (Å²) in [5, 5.41) is 8.88. The largest absolute Gasteiger partial charge is 0.481 e. The number of fused-ring (bicyclic) bond motifs is 1. The lowest BCUT2D eigenvalue weighted by Gasteiger charge is -2.27. The number of hydrogen-bond acceptors (Lipinski definition) is 3. The predicted octanol–water partition coefficient (Wildman–Crippen LogP) is 3.91. The van der Waals surface area contributed by atoms with Crippen LogP contribution in [0.5, 0.6) is 0 Å². The Hall–Kier alpha value is -2.23. The van der Waals surface area contributed by atoms with Gasteiger partial charge in [0, 0.05) is 30.8 Å². The van der Waals surface area contributed by atoms with Gasteiger partial charge in [-0.1, -0.05) is 6.92 Å². The standard InChI is InChI=1S/C18H21NO3/c1-12(10-18(20)21)16-7-8-17(22-16)14-5-6-15-13(11-14)4-3-9-19(15)2/h5-8,11-12H,3-4,9-10H2,1-2H3,(H,20,21). The minimum Gasteiger partial charge on any atom is -0.481 e. The first-order valence-electron chi connectivity index (χ1n) is 7.70. The summed E-state index contributed by atoms with van der Waals surface area (Å²) in [4.78, 5) is 13.1. The highest BCUT2D eigenvalue weighted by molar-refractivity contribution is 5.68. The molecular weight excluding hydrogens is 278 g/mol. The molecule has 22 heavy (non-hydrogen) atoms. The first kappa shape index (κ1) is 14.7.